The van der Waals surface area contributed by atoms with Crippen molar-refractivity contribution in [2.75, 3.05) is 32.7 Å². The highest BCUT2D eigenvalue weighted by Gasteiger charge is 2.21. The van der Waals surface area contributed by atoms with Crippen LogP contribution in [0, 0.1) is 0 Å². The van der Waals surface area contributed by atoms with Crippen molar-refractivity contribution >= 4 is 5.91 Å². The number of aromatic amines is 1. The van der Waals surface area contributed by atoms with E-state index in [1.165, 1.54) is 25.9 Å². The molecular formula is C14H23N5O. The molecule has 1 amide bonds. The van der Waals surface area contributed by atoms with E-state index in [2.05, 4.69) is 25.7 Å². The number of rotatable bonds is 5. The van der Waals surface area contributed by atoms with Gasteiger partial charge in [0.25, 0.3) is 5.91 Å². The highest BCUT2D eigenvalue weighted by Crippen LogP contribution is 2.15. The number of likely N-dealkylation sites (tertiary alicyclic amines) is 1. The Balaban J connectivity index is 1.45. The minimum Gasteiger partial charge on any atom is -0.351 e. The number of fused-ring (bicyclic) bond motifs is 1. The monoisotopic (exact) mass is 277 g/mol. The van der Waals surface area contributed by atoms with Gasteiger partial charge in [-0.2, -0.15) is 5.10 Å². The molecule has 3 heterocycles. The molecule has 0 aromatic carbocycles. The van der Waals surface area contributed by atoms with E-state index >= 15 is 0 Å². The van der Waals surface area contributed by atoms with Gasteiger partial charge >= 0.3 is 0 Å². The zero-order chi connectivity index (χ0) is 13.8. The average molecular weight is 277 g/mol. The molecule has 1 fully saturated rings. The van der Waals surface area contributed by atoms with Crippen LogP contribution in [0.2, 0.25) is 0 Å². The van der Waals surface area contributed by atoms with E-state index in [-0.39, 0.29) is 5.91 Å². The molecule has 1 aromatic heterocycles. The Morgan fingerprint density at radius 1 is 1.35 bits per heavy atom. The molecule has 0 spiro atoms. The van der Waals surface area contributed by atoms with Gasteiger partial charge in [-0.05, 0) is 38.9 Å². The van der Waals surface area contributed by atoms with Crippen LogP contribution in [0.15, 0.2) is 0 Å². The summed E-state index contributed by atoms with van der Waals surface area (Å²) in [6.07, 6.45) is 4.57. The summed E-state index contributed by atoms with van der Waals surface area (Å²) in [6, 6.07) is 0. The van der Waals surface area contributed by atoms with Crippen LogP contribution >= 0.6 is 0 Å². The largest absolute Gasteiger partial charge is 0.351 e. The lowest BCUT2D eigenvalue weighted by molar-refractivity contribution is 0.0946. The van der Waals surface area contributed by atoms with Gasteiger partial charge in [-0.3, -0.25) is 9.89 Å². The molecule has 110 valence electrons. The van der Waals surface area contributed by atoms with Crippen molar-refractivity contribution in [2.45, 2.75) is 32.2 Å². The first-order valence-corrected chi connectivity index (χ1v) is 7.62. The summed E-state index contributed by atoms with van der Waals surface area (Å²) in [6.45, 7) is 5.93. The molecule has 0 aliphatic carbocycles. The molecule has 20 heavy (non-hydrogen) atoms. The lowest BCUT2D eigenvalue weighted by Gasteiger charge is -2.15. The summed E-state index contributed by atoms with van der Waals surface area (Å²) in [5, 5.41) is 13.4. The maximum absolute atomic E-state index is 12.1. The van der Waals surface area contributed by atoms with Gasteiger partial charge < -0.3 is 15.5 Å². The van der Waals surface area contributed by atoms with Gasteiger partial charge in [0, 0.05) is 37.3 Å². The molecule has 0 saturated carbocycles. The standard InChI is InChI=1S/C14H23N5O/c20-14(16-5-3-9-19-7-1-2-8-19)13-11-10-15-6-4-12(11)17-18-13/h15H,1-10H2,(H,16,20)(H,17,18). The quantitative estimate of drug-likeness (QED) is 0.676. The van der Waals surface area contributed by atoms with Crippen LogP contribution in [0.4, 0.5) is 0 Å². The predicted octanol–water partition coefficient (Wildman–Crippen LogP) is 0.271. The Bertz CT molecular complexity index is 464. The summed E-state index contributed by atoms with van der Waals surface area (Å²) in [4.78, 5) is 14.6. The molecule has 0 radical (unpaired) electrons. The summed E-state index contributed by atoms with van der Waals surface area (Å²) in [5.41, 5.74) is 2.70. The van der Waals surface area contributed by atoms with Crippen LogP contribution in [0.1, 0.15) is 41.0 Å². The molecule has 0 bridgehead atoms. The molecule has 6 nitrogen and oxygen atoms in total. The number of carbonyl (C=O) groups excluding carboxylic acids is 1. The van der Waals surface area contributed by atoms with Crippen LogP contribution in [0.25, 0.3) is 0 Å². The molecular weight excluding hydrogens is 254 g/mol. The number of hydrogen-bond acceptors (Lipinski definition) is 4. The molecule has 2 aliphatic rings. The van der Waals surface area contributed by atoms with Gasteiger partial charge in [0.05, 0.1) is 0 Å². The molecule has 2 aliphatic heterocycles. The van der Waals surface area contributed by atoms with E-state index in [0.29, 0.717) is 5.69 Å². The SMILES string of the molecule is O=C(NCCCN1CCCC1)c1n[nH]c2c1CNCC2. The number of nitrogens with zero attached hydrogens (tertiary/aromatic N) is 2. The Labute approximate surface area is 119 Å². The summed E-state index contributed by atoms with van der Waals surface area (Å²) in [7, 11) is 0. The van der Waals surface area contributed by atoms with Crippen molar-refractivity contribution in [2.24, 2.45) is 0 Å². The molecule has 1 saturated heterocycles. The van der Waals surface area contributed by atoms with Crippen molar-refractivity contribution in [3.05, 3.63) is 17.0 Å². The molecule has 0 atom stereocenters. The highest BCUT2D eigenvalue weighted by atomic mass is 16.1. The first-order valence-electron chi connectivity index (χ1n) is 7.62. The van der Waals surface area contributed by atoms with Crippen LogP contribution in [-0.2, 0) is 13.0 Å². The maximum Gasteiger partial charge on any atom is 0.272 e. The van der Waals surface area contributed by atoms with E-state index in [0.717, 1.165) is 50.3 Å². The fourth-order valence-electron chi connectivity index (χ4n) is 3.01. The third-order valence-corrected chi connectivity index (χ3v) is 4.16. The van der Waals surface area contributed by atoms with Gasteiger partial charge in [-0.1, -0.05) is 0 Å². The molecule has 3 N–H and O–H groups in total. The van der Waals surface area contributed by atoms with Crippen LogP contribution in [-0.4, -0.2) is 53.7 Å². The second kappa shape index (κ2) is 6.37. The molecule has 6 heteroatoms. The zero-order valence-electron chi connectivity index (χ0n) is 11.9. The Kier molecular flexibility index (Phi) is 4.32. The van der Waals surface area contributed by atoms with E-state index < -0.39 is 0 Å². The van der Waals surface area contributed by atoms with E-state index in [9.17, 15) is 4.79 Å². The second-order valence-electron chi connectivity index (χ2n) is 5.61. The summed E-state index contributed by atoms with van der Waals surface area (Å²) in [5.74, 6) is -0.0485. The lowest BCUT2D eigenvalue weighted by Crippen LogP contribution is -2.30. The highest BCUT2D eigenvalue weighted by molar-refractivity contribution is 5.94. The lowest BCUT2D eigenvalue weighted by atomic mass is 10.1. The maximum atomic E-state index is 12.1. The summed E-state index contributed by atoms with van der Waals surface area (Å²) < 4.78 is 0. The zero-order valence-corrected chi connectivity index (χ0v) is 11.9. The average Bonchev–Trinajstić information content (AvgIpc) is 3.12. The Hall–Kier alpha value is -1.40. The number of carbonyl (C=O) groups is 1. The number of aromatic nitrogens is 2. The van der Waals surface area contributed by atoms with Crippen LogP contribution in [0.3, 0.4) is 0 Å². The number of amides is 1. The molecule has 0 unspecified atom stereocenters. The molecule has 3 rings (SSSR count). The smallest absolute Gasteiger partial charge is 0.272 e. The van der Waals surface area contributed by atoms with E-state index in [4.69, 9.17) is 0 Å². The predicted molar refractivity (Wildman–Crippen MR) is 76.6 cm³/mol. The van der Waals surface area contributed by atoms with Gasteiger partial charge in [0.1, 0.15) is 0 Å². The van der Waals surface area contributed by atoms with E-state index in [1.807, 2.05) is 0 Å². The summed E-state index contributed by atoms with van der Waals surface area (Å²) >= 11 is 0. The minimum atomic E-state index is -0.0485. The van der Waals surface area contributed by atoms with Crippen LogP contribution < -0.4 is 10.6 Å². The first-order chi connectivity index (χ1) is 9.84. The third-order valence-electron chi connectivity index (χ3n) is 4.16. The van der Waals surface area contributed by atoms with Crippen molar-refractivity contribution in [3.8, 4) is 0 Å². The number of nitrogens with one attached hydrogen (secondary N) is 3. The van der Waals surface area contributed by atoms with E-state index in [1.54, 1.807) is 0 Å². The Morgan fingerprint density at radius 3 is 3.05 bits per heavy atom. The fraction of sp³-hybridized carbons (Fsp3) is 0.714. The van der Waals surface area contributed by atoms with Gasteiger partial charge in [0.2, 0.25) is 0 Å². The number of H-pyrrole nitrogens is 1. The van der Waals surface area contributed by atoms with Crippen molar-refractivity contribution in [1.29, 1.82) is 0 Å². The van der Waals surface area contributed by atoms with Gasteiger partial charge in [-0.25, -0.2) is 0 Å². The first kappa shape index (κ1) is 13.6. The number of hydrogen-bond donors (Lipinski definition) is 3. The topological polar surface area (TPSA) is 73.0 Å². The minimum absolute atomic E-state index is 0.0485. The molecule has 1 aromatic rings. The fourth-order valence-corrected chi connectivity index (χ4v) is 3.01. The Morgan fingerprint density at radius 2 is 2.20 bits per heavy atom. The van der Waals surface area contributed by atoms with Crippen LogP contribution in [0.5, 0.6) is 0 Å². The third kappa shape index (κ3) is 3.02. The normalized spacial score (nSPS) is 19.0. The van der Waals surface area contributed by atoms with Crippen molar-refractivity contribution in [1.82, 2.24) is 25.7 Å². The second-order valence-corrected chi connectivity index (χ2v) is 5.61. The van der Waals surface area contributed by atoms with Gasteiger partial charge in [-0.15, -0.1) is 0 Å². The van der Waals surface area contributed by atoms with Gasteiger partial charge in [0.15, 0.2) is 5.69 Å². The van der Waals surface area contributed by atoms with Crippen molar-refractivity contribution in [3.63, 3.8) is 0 Å². The van der Waals surface area contributed by atoms with Crippen molar-refractivity contribution < 1.29 is 4.79 Å².